The molecular weight excluding hydrogens is 250 g/mol. The number of hydrogen-bond acceptors (Lipinski definition) is 5. The van der Waals surface area contributed by atoms with E-state index in [1.807, 2.05) is 0 Å². The van der Waals surface area contributed by atoms with E-state index >= 15 is 0 Å². The highest BCUT2D eigenvalue weighted by Crippen LogP contribution is 2.23. The smallest absolute Gasteiger partial charge is 0.337 e. The van der Waals surface area contributed by atoms with E-state index in [2.05, 4.69) is 20.7 Å². The highest BCUT2D eigenvalue weighted by atomic mass is 16.4. The number of aromatic nitrogens is 4. The summed E-state index contributed by atoms with van der Waals surface area (Å²) in [5, 5.41) is 23.0. The highest BCUT2D eigenvalue weighted by Gasteiger charge is 2.14. The maximum absolute atomic E-state index is 11.1. The number of aryl methyl sites for hydroxylation is 1. The maximum atomic E-state index is 11.1. The molecule has 1 amide bonds. The molecule has 0 spiro atoms. The molecule has 2 aromatic rings. The quantitative estimate of drug-likeness (QED) is 0.834. The van der Waals surface area contributed by atoms with Crippen molar-refractivity contribution in [1.82, 2.24) is 20.2 Å². The summed E-state index contributed by atoms with van der Waals surface area (Å²) in [6, 6.07) is 4.45. The molecule has 1 aromatic heterocycles. The molecule has 0 saturated carbocycles. The first kappa shape index (κ1) is 12.7. The lowest BCUT2D eigenvalue weighted by molar-refractivity contribution is -0.114. The molecule has 98 valence electrons. The summed E-state index contributed by atoms with van der Waals surface area (Å²) in [7, 11) is 1.62. The molecule has 0 aliphatic heterocycles. The predicted molar refractivity (Wildman–Crippen MR) is 65.5 cm³/mol. The summed E-state index contributed by atoms with van der Waals surface area (Å²) in [6.45, 7) is 1.30. The van der Waals surface area contributed by atoms with Gasteiger partial charge in [-0.3, -0.25) is 4.79 Å². The van der Waals surface area contributed by atoms with Crippen molar-refractivity contribution in [3.05, 3.63) is 23.8 Å². The minimum atomic E-state index is -1.12. The first-order valence-corrected chi connectivity index (χ1v) is 5.36. The molecule has 0 unspecified atom stereocenters. The lowest BCUT2D eigenvalue weighted by atomic mass is 10.1. The van der Waals surface area contributed by atoms with Crippen molar-refractivity contribution in [2.45, 2.75) is 6.92 Å². The van der Waals surface area contributed by atoms with Gasteiger partial charge in [-0.15, -0.1) is 10.2 Å². The zero-order chi connectivity index (χ0) is 14.0. The van der Waals surface area contributed by atoms with Crippen LogP contribution in [0.3, 0.4) is 0 Å². The van der Waals surface area contributed by atoms with Crippen LogP contribution in [0.25, 0.3) is 11.4 Å². The molecule has 19 heavy (non-hydrogen) atoms. The number of hydrogen-bond donors (Lipinski definition) is 2. The molecule has 0 bridgehead atoms. The normalized spacial score (nSPS) is 10.2. The van der Waals surface area contributed by atoms with Gasteiger partial charge in [0.1, 0.15) is 0 Å². The average molecular weight is 261 g/mol. The van der Waals surface area contributed by atoms with Crippen LogP contribution in [-0.2, 0) is 11.8 Å². The number of aromatic carboxylic acids is 1. The van der Waals surface area contributed by atoms with Gasteiger partial charge in [0.15, 0.2) is 0 Å². The van der Waals surface area contributed by atoms with Crippen molar-refractivity contribution in [2.75, 3.05) is 5.32 Å². The van der Waals surface area contributed by atoms with E-state index in [1.54, 1.807) is 13.1 Å². The molecule has 1 heterocycles. The Morgan fingerprint density at radius 2 is 2.11 bits per heavy atom. The second-order valence-corrected chi connectivity index (χ2v) is 3.85. The SMILES string of the molecule is CC(=O)Nc1cc(-c2nnn(C)n2)ccc1C(=O)O. The summed E-state index contributed by atoms with van der Waals surface area (Å²) in [4.78, 5) is 23.4. The number of carbonyl (C=O) groups excluding carboxylic acids is 1. The van der Waals surface area contributed by atoms with Crippen LogP contribution in [0.1, 0.15) is 17.3 Å². The lowest BCUT2D eigenvalue weighted by Gasteiger charge is -2.07. The Morgan fingerprint density at radius 1 is 1.37 bits per heavy atom. The summed E-state index contributed by atoms with van der Waals surface area (Å²) in [6.07, 6.45) is 0. The van der Waals surface area contributed by atoms with Crippen LogP contribution >= 0.6 is 0 Å². The van der Waals surface area contributed by atoms with Gasteiger partial charge in [-0.1, -0.05) is 6.07 Å². The molecule has 0 fully saturated rings. The number of benzene rings is 1. The molecule has 1 aromatic carbocycles. The third-order valence-electron chi connectivity index (χ3n) is 2.33. The number of nitrogens with zero attached hydrogens (tertiary/aromatic N) is 4. The number of carboxylic acids is 1. The molecule has 0 saturated heterocycles. The van der Waals surface area contributed by atoms with Gasteiger partial charge in [-0.25, -0.2) is 4.79 Å². The Bertz CT molecular complexity index is 650. The fourth-order valence-electron chi connectivity index (χ4n) is 1.56. The molecule has 0 aliphatic rings. The third kappa shape index (κ3) is 2.73. The molecule has 0 aliphatic carbocycles. The number of tetrazole rings is 1. The van der Waals surface area contributed by atoms with Crippen molar-refractivity contribution >= 4 is 17.6 Å². The minimum absolute atomic E-state index is 0.00263. The summed E-state index contributed by atoms with van der Waals surface area (Å²) in [5.41, 5.74) is 0.773. The number of rotatable bonds is 3. The molecular formula is C11H11N5O3. The van der Waals surface area contributed by atoms with E-state index in [0.717, 1.165) is 0 Å². The van der Waals surface area contributed by atoms with Crippen LogP contribution in [0.4, 0.5) is 5.69 Å². The Morgan fingerprint density at radius 3 is 2.63 bits per heavy atom. The molecule has 8 nitrogen and oxygen atoms in total. The Kier molecular flexibility index (Phi) is 3.23. The third-order valence-corrected chi connectivity index (χ3v) is 2.33. The van der Waals surface area contributed by atoms with E-state index in [9.17, 15) is 9.59 Å². The van der Waals surface area contributed by atoms with Crippen LogP contribution < -0.4 is 5.32 Å². The van der Waals surface area contributed by atoms with Crippen LogP contribution in [0.15, 0.2) is 18.2 Å². The zero-order valence-electron chi connectivity index (χ0n) is 10.3. The summed E-state index contributed by atoms with van der Waals surface area (Å²) in [5.74, 6) is -1.12. The topological polar surface area (TPSA) is 110 Å². The first-order chi connectivity index (χ1) is 8.97. The van der Waals surface area contributed by atoms with Crippen LogP contribution in [-0.4, -0.2) is 37.2 Å². The van der Waals surface area contributed by atoms with Crippen molar-refractivity contribution in [2.24, 2.45) is 7.05 Å². The summed E-state index contributed by atoms with van der Waals surface area (Å²) >= 11 is 0. The van der Waals surface area contributed by atoms with E-state index in [-0.39, 0.29) is 17.2 Å². The van der Waals surface area contributed by atoms with Gasteiger partial charge < -0.3 is 10.4 Å². The summed E-state index contributed by atoms with van der Waals surface area (Å²) < 4.78 is 0. The molecule has 2 rings (SSSR count). The highest BCUT2D eigenvalue weighted by molar-refractivity contribution is 6.00. The largest absolute Gasteiger partial charge is 0.478 e. The Labute approximate surface area is 108 Å². The molecule has 0 atom stereocenters. The second kappa shape index (κ2) is 4.84. The van der Waals surface area contributed by atoms with E-state index in [0.29, 0.717) is 11.4 Å². The molecule has 8 heteroatoms. The van der Waals surface area contributed by atoms with Crippen molar-refractivity contribution < 1.29 is 14.7 Å². The van der Waals surface area contributed by atoms with E-state index in [4.69, 9.17) is 5.11 Å². The van der Waals surface area contributed by atoms with Gasteiger partial charge in [0.2, 0.25) is 11.7 Å². The number of carboxylic acid groups (broad SMARTS) is 1. The first-order valence-electron chi connectivity index (χ1n) is 5.36. The molecule has 2 N–H and O–H groups in total. The van der Waals surface area contributed by atoms with Gasteiger partial charge in [0.25, 0.3) is 0 Å². The van der Waals surface area contributed by atoms with Crippen molar-refractivity contribution in [3.63, 3.8) is 0 Å². The molecule has 0 radical (unpaired) electrons. The predicted octanol–water partition coefficient (Wildman–Crippen LogP) is 0.534. The van der Waals surface area contributed by atoms with Gasteiger partial charge >= 0.3 is 5.97 Å². The Balaban J connectivity index is 2.48. The zero-order valence-corrected chi connectivity index (χ0v) is 10.3. The maximum Gasteiger partial charge on any atom is 0.337 e. The number of anilines is 1. The minimum Gasteiger partial charge on any atom is -0.478 e. The fraction of sp³-hybridized carbons (Fsp3) is 0.182. The monoisotopic (exact) mass is 261 g/mol. The van der Waals surface area contributed by atoms with Gasteiger partial charge in [-0.05, 0) is 17.3 Å². The van der Waals surface area contributed by atoms with Gasteiger partial charge in [0.05, 0.1) is 18.3 Å². The number of carbonyl (C=O) groups is 2. The Hall–Kier alpha value is -2.77. The fourth-order valence-corrected chi connectivity index (χ4v) is 1.56. The number of amides is 1. The van der Waals surface area contributed by atoms with E-state index in [1.165, 1.54) is 23.9 Å². The van der Waals surface area contributed by atoms with Crippen molar-refractivity contribution in [1.29, 1.82) is 0 Å². The standard InChI is InChI=1S/C11H11N5O3/c1-6(17)12-9-5-7(3-4-8(9)11(18)19)10-13-15-16(2)14-10/h3-5H,1-2H3,(H,12,17)(H,18,19). The van der Waals surface area contributed by atoms with Crippen LogP contribution in [0.2, 0.25) is 0 Å². The average Bonchev–Trinajstić information content (AvgIpc) is 2.74. The lowest BCUT2D eigenvalue weighted by Crippen LogP contribution is -2.11. The van der Waals surface area contributed by atoms with E-state index < -0.39 is 5.97 Å². The van der Waals surface area contributed by atoms with Crippen molar-refractivity contribution in [3.8, 4) is 11.4 Å². The van der Waals surface area contributed by atoms with Gasteiger partial charge in [0, 0.05) is 12.5 Å². The van der Waals surface area contributed by atoms with Gasteiger partial charge in [-0.2, -0.15) is 4.80 Å². The van der Waals surface area contributed by atoms with Crippen LogP contribution in [0.5, 0.6) is 0 Å². The number of nitrogens with one attached hydrogen (secondary N) is 1. The second-order valence-electron chi connectivity index (χ2n) is 3.85. The van der Waals surface area contributed by atoms with Crippen LogP contribution in [0, 0.1) is 0 Å².